The number of phenolic OH excluding ortho intramolecular Hbond substituents is 1. The zero-order valence-electron chi connectivity index (χ0n) is 14.4. The average molecular weight is 325 g/mol. The van der Waals surface area contributed by atoms with Crippen molar-refractivity contribution in [2.75, 3.05) is 27.3 Å². The number of likely N-dealkylation sites (N-methyl/N-ethyl adjacent to an activating group) is 1. The van der Waals surface area contributed by atoms with Gasteiger partial charge in [0.05, 0.1) is 13.7 Å². The zero-order valence-corrected chi connectivity index (χ0v) is 14.4. The molecule has 1 atom stereocenters. The van der Waals surface area contributed by atoms with Crippen molar-refractivity contribution in [1.29, 1.82) is 0 Å². The number of benzene rings is 2. The monoisotopic (exact) mass is 325 g/mol. The van der Waals surface area contributed by atoms with Crippen molar-refractivity contribution in [3.8, 4) is 28.4 Å². The number of rotatable bonds is 3. The summed E-state index contributed by atoms with van der Waals surface area (Å²) in [7, 11) is 3.77. The highest BCUT2D eigenvalue weighted by molar-refractivity contribution is 5.83. The molecule has 0 aromatic heterocycles. The van der Waals surface area contributed by atoms with Crippen LogP contribution in [0.2, 0.25) is 0 Å². The van der Waals surface area contributed by atoms with E-state index in [1.54, 1.807) is 7.11 Å². The minimum atomic E-state index is 0.244. The molecule has 126 valence electrons. The van der Waals surface area contributed by atoms with E-state index in [-0.39, 0.29) is 5.75 Å². The summed E-state index contributed by atoms with van der Waals surface area (Å²) >= 11 is 0. The molecule has 0 spiro atoms. The number of ether oxygens (including phenoxy) is 2. The fourth-order valence-corrected chi connectivity index (χ4v) is 4.17. The minimum Gasteiger partial charge on any atom is -0.504 e. The molecule has 24 heavy (non-hydrogen) atoms. The van der Waals surface area contributed by atoms with Crippen LogP contribution in [-0.4, -0.2) is 37.3 Å². The highest BCUT2D eigenvalue weighted by Gasteiger charge is 2.35. The molecule has 2 aliphatic rings. The predicted octanol–water partition coefficient (Wildman–Crippen LogP) is 3.55. The van der Waals surface area contributed by atoms with E-state index in [4.69, 9.17) is 9.47 Å². The molecule has 0 bridgehead atoms. The van der Waals surface area contributed by atoms with E-state index >= 15 is 0 Å². The number of aromatic hydroxyl groups is 1. The lowest BCUT2D eigenvalue weighted by molar-refractivity contribution is 0.223. The molecule has 4 heteroatoms. The zero-order chi connectivity index (χ0) is 16.8. The molecule has 1 heterocycles. The number of hydrogen-bond donors (Lipinski definition) is 1. The van der Waals surface area contributed by atoms with E-state index in [1.807, 2.05) is 19.1 Å². The number of hydrogen-bond acceptors (Lipinski definition) is 4. The Bertz CT molecular complexity index is 800. The normalized spacial score (nSPS) is 18.7. The summed E-state index contributed by atoms with van der Waals surface area (Å²) < 4.78 is 11.2. The first-order valence-corrected chi connectivity index (χ1v) is 8.53. The maximum atomic E-state index is 10.7. The molecule has 0 radical (unpaired) electrons. The van der Waals surface area contributed by atoms with Gasteiger partial charge in [0.2, 0.25) is 0 Å². The molecular weight excluding hydrogens is 302 g/mol. The molecule has 1 aliphatic heterocycles. The highest BCUT2D eigenvalue weighted by Crippen LogP contribution is 2.51. The Labute approximate surface area is 142 Å². The van der Waals surface area contributed by atoms with Crippen LogP contribution in [0.25, 0.3) is 11.1 Å². The molecule has 2 aromatic rings. The summed E-state index contributed by atoms with van der Waals surface area (Å²) in [6.45, 7) is 3.71. The smallest absolute Gasteiger partial charge is 0.165 e. The van der Waals surface area contributed by atoms with Gasteiger partial charge in [-0.3, -0.25) is 4.90 Å². The second-order valence-electron chi connectivity index (χ2n) is 6.54. The van der Waals surface area contributed by atoms with Crippen LogP contribution in [0.5, 0.6) is 17.2 Å². The molecule has 2 aromatic carbocycles. The Hall–Kier alpha value is -2.20. The van der Waals surface area contributed by atoms with Crippen molar-refractivity contribution in [1.82, 2.24) is 4.90 Å². The lowest BCUT2D eigenvalue weighted by atomic mass is 9.76. The largest absolute Gasteiger partial charge is 0.504 e. The van der Waals surface area contributed by atoms with E-state index in [9.17, 15) is 5.11 Å². The first kappa shape index (κ1) is 15.3. The fraction of sp³-hybridized carbons (Fsp3) is 0.400. The predicted molar refractivity (Wildman–Crippen MR) is 94.0 cm³/mol. The van der Waals surface area contributed by atoms with Gasteiger partial charge in [0, 0.05) is 23.7 Å². The van der Waals surface area contributed by atoms with Gasteiger partial charge < -0.3 is 14.6 Å². The number of methoxy groups -OCH3 is 1. The molecule has 0 saturated carbocycles. The van der Waals surface area contributed by atoms with Crippen LogP contribution in [-0.2, 0) is 12.8 Å². The van der Waals surface area contributed by atoms with Crippen LogP contribution in [0.15, 0.2) is 24.3 Å². The third-order valence-corrected chi connectivity index (χ3v) is 5.32. The van der Waals surface area contributed by atoms with Gasteiger partial charge in [-0.1, -0.05) is 12.1 Å². The molecule has 4 nitrogen and oxygen atoms in total. The first-order chi connectivity index (χ1) is 11.7. The van der Waals surface area contributed by atoms with Crippen LogP contribution in [0.4, 0.5) is 0 Å². The van der Waals surface area contributed by atoms with Gasteiger partial charge in [0.25, 0.3) is 0 Å². The maximum Gasteiger partial charge on any atom is 0.165 e. The lowest BCUT2D eigenvalue weighted by Gasteiger charge is -2.40. The maximum absolute atomic E-state index is 10.7. The van der Waals surface area contributed by atoms with Crippen molar-refractivity contribution in [2.24, 2.45) is 0 Å². The van der Waals surface area contributed by atoms with E-state index in [0.29, 0.717) is 18.4 Å². The van der Waals surface area contributed by atoms with Crippen LogP contribution >= 0.6 is 0 Å². The molecule has 1 N–H and O–H groups in total. The van der Waals surface area contributed by atoms with Crippen LogP contribution in [0, 0.1) is 0 Å². The Balaban J connectivity index is 1.99. The molecule has 1 aliphatic carbocycles. The van der Waals surface area contributed by atoms with Crippen molar-refractivity contribution in [3.05, 3.63) is 41.0 Å². The molecule has 0 amide bonds. The van der Waals surface area contributed by atoms with Crippen molar-refractivity contribution >= 4 is 0 Å². The van der Waals surface area contributed by atoms with Crippen molar-refractivity contribution < 1.29 is 14.6 Å². The van der Waals surface area contributed by atoms with E-state index < -0.39 is 0 Å². The van der Waals surface area contributed by atoms with E-state index in [2.05, 4.69) is 24.1 Å². The van der Waals surface area contributed by atoms with Gasteiger partial charge in [-0.15, -0.1) is 0 Å². The SMILES string of the molecule is CCOc1ccc2c3c1CCN(C)[C@@H]3Cc1ccc(OC)c(O)c1-2. The molecule has 0 saturated heterocycles. The second-order valence-corrected chi connectivity index (χ2v) is 6.54. The van der Waals surface area contributed by atoms with Gasteiger partial charge >= 0.3 is 0 Å². The lowest BCUT2D eigenvalue weighted by Crippen LogP contribution is -2.35. The Morgan fingerprint density at radius 1 is 1.21 bits per heavy atom. The number of phenols is 1. The Morgan fingerprint density at radius 2 is 2.00 bits per heavy atom. The van der Waals surface area contributed by atoms with E-state index in [0.717, 1.165) is 36.3 Å². The topological polar surface area (TPSA) is 41.9 Å². The summed E-state index contributed by atoms with van der Waals surface area (Å²) in [4.78, 5) is 2.41. The standard InChI is InChI=1S/C20H23NO3/c1-4-24-16-8-6-14-18-12(5-7-17(23-3)20(18)22)11-15-19(14)13(16)9-10-21(15)2/h5-8,15,22H,4,9-11H2,1-3H3/t15-/m1/s1. The third-order valence-electron chi connectivity index (χ3n) is 5.32. The van der Waals surface area contributed by atoms with E-state index in [1.165, 1.54) is 16.7 Å². The van der Waals surface area contributed by atoms with Crippen molar-refractivity contribution in [3.63, 3.8) is 0 Å². The van der Waals surface area contributed by atoms with Crippen LogP contribution in [0.3, 0.4) is 0 Å². The molecule has 0 fully saturated rings. The highest BCUT2D eigenvalue weighted by atomic mass is 16.5. The fourth-order valence-electron chi connectivity index (χ4n) is 4.17. The summed E-state index contributed by atoms with van der Waals surface area (Å²) in [6, 6.07) is 8.41. The van der Waals surface area contributed by atoms with Gasteiger partial charge in [0.15, 0.2) is 11.5 Å². The third kappa shape index (κ3) is 2.09. The van der Waals surface area contributed by atoms with Crippen LogP contribution in [0.1, 0.15) is 29.7 Å². The number of fused-ring (bicyclic) bond motifs is 2. The summed E-state index contributed by atoms with van der Waals surface area (Å²) in [6.07, 6.45) is 1.88. The quantitative estimate of drug-likeness (QED) is 0.937. The van der Waals surface area contributed by atoms with Gasteiger partial charge in [0.1, 0.15) is 5.75 Å². The average Bonchev–Trinajstić information content (AvgIpc) is 2.59. The van der Waals surface area contributed by atoms with Crippen molar-refractivity contribution in [2.45, 2.75) is 25.8 Å². The summed E-state index contributed by atoms with van der Waals surface area (Å²) in [5.41, 5.74) is 5.81. The van der Waals surface area contributed by atoms with Gasteiger partial charge in [-0.25, -0.2) is 0 Å². The minimum absolute atomic E-state index is 0.244. The molecule has 4 rings (SSSR count). The molecular formula is C20H23NO3. The van der Waals surface area contributed by atoms with Gasteiger partial charge in [-0.05, 0) is 55.6 Å². The second kappa shape index (κ2) is 5.71. The summed E-state index contributed by atoms with van der Waals surface area (Å²) in [5, 5.41) is 10.7. The number of nitrogens with zero attached hydrogens (tertiary/aromatic N) is 1. The molecule has 0 unspecified atom stereocenters. The summed E-state index contributed by atoms with van der Waals surface area (Å²) in [5.74, 6) is 1.76. The van der Waals surface area contributed by atoms with Crippen LogP contribution < -0.4 is 9.47 Å². The van der Waals surface area contributed by atoms with Gasteiger partial charge in [-0.2, -0.15) is 0 Å². The Morgan fingerprint density at radius 3 is 2.75 bits per heavy atom. The Kier molecular flexibility index (Phi) is 3.65. The first-order valence-electron chi connectivity index (χ1n) is 8.53.